The quantitative estimate of drug-likeness (QED) is 0.729. The molecule has 0 aliphatic carbocycles. The summed E-state index contributed by atoms with van der Waals surface area (Å²) in [7, 11) is 0. The summed E-state index contributed by atoms with van der Waals surface area (Å²) in [6.45, 7) is 2.44. The Bertz CT molecular complexity index is 973. The summed E-state index contributed by atoms with van der Waals surface area (Å²) < 4.78 is 43.3. The molecule has 5 nitrogen and oxygen atoms in total. The summed E-state index contributed by atoms with van der Waals surface area (Å²) in [4.78, 5) is 20.4. The first-order valence-corrected chi connectivity index (χ1v) is 9.94. The highest BCUT2D eigenvalue weighted by Crippen LogP contribution is 2.45. The number of hydrogen-bond donors (Lipinski definition) is 2. The Kier molecular flexibility index (Phi) is 6.09. The van der Waals surface area contributed by atoms with Gasteiger partial charge >= 0.3 is 0 Å². The van der Waals surface area contributed by atoms with Crippen LogP contribution in [-0.4, -0.2) is 28.0 Å². The first-order valence-electron chi connectivity index (χ1n) is 8.68. The van der Waals surface area contributed by atoms with Crippen LogP contribution in [0.5, 0.6) is 0 Å². The molecule has 0 bridgehead atoms. The van der Waals surface area contributed by atoms with Crippen LogP contribution in [-0.2, 0) is 5.54 Å². The van der Waals surface area contributed by atoms with Gasteiger partial charge in [-0.05, 0) is 18.2 Å². The lowest BCUT2D eigenvalue weighted by molar-refractivity contribution is 0.102. The fourth-order valence-electron chi connectivity index (χ4n) is 3.22. The first-order chi connectivity index (χ1) is 13.7. The van der Waals surface area contributed by atoms with E-state index in [1.165, 1.54) is 36.2 Å². The first kappa shape index (κ1) is 21.4. The van der Waals surface area contributed by atoms with E-state index < -0.39 is 35.7 Å². The van der Waals surface area contributed by atoms with E-state index in [1.807, 2.05) is 6.92 Å². The summed E-state index contributed by atoms with van der Waals surface area (Å²) >= 11 is 6.99. The lowest BCUT2D eigenvalue weighted by atomic mass is 9.78. The molecule has 10 heteroatoms. The Morgan fingerprint density at radius 3 is 2.69 bits per heavy atom. The number of nitrogens with two attached hydrogens (primary N) is 1. The number of halogens is 4. The van der Waals surface area contributed by atoms with E-state index in [2.05, 4.69) is 15.3 Å². The van der Waals surface area contributed by atoms with Crippen molar-refractivity contribution in [1.82, 2.24) is 4.98 Å². The fraction of sp³-hybridized carbons (Fsp3) is 0.316. The number of aliphatic imine (C=N–C) groups is 1. The van der Waals surface area contributed by atoms with Gasteiger partial charge in [0.25, 0.3) is 5.91 Å². The molecule has 2 aromatic rings. The van der Waals surface area contributed by atoms with Crippen LogP contribution in [0.2, 0.25) is 5.02 Å². The van der Waals surface area contributed by atoms with Crippen molar-refractivity contribution in [2.75, 3.05) is 12.0 Å². The van der Waals surface area contributed by atoms with Crippen LogP contribution in [0.15, 0.2) is 35.5 Å². The van der Waals surface area contributed by atoms with Crippen molar-refractivity contribution in [1.29, 1.82) is 0 Å². The Hall–Kier alpha value is -2.26. The van der Waals surface area contributed by atoms with Crippen LogP contribution in [0.4, 0.5) is 18.9 Å². The Morgan fingerprint density at radius 2 is 2.07 bits per heavy atom. The number of nitrogens with one attached hydrogen (secondary N) is 1. The molecule has 2 heterocycles. The molecule has 0 saturated carbocycles. The molecule has 1 amide bonds. The molecule has 1 aliphatic rings. The van der Waals surface area contributed by atoms with Crippen molar-refractivity contribution in [3.63, 3.8) is 0 Å². The minimum Gasteiger partial charge on any atom is -0.379 e. The highest BCUT2D eigenvalue weighted by molar-refractivity contribution is 8.14. The number of amidine groups is 1. The van der Waals surface area contributed by atoms with E-state index in [0.29, 0.717) is 5.02 Å². The van der Waals surface area contributed by atoms with Gasteiger partial charge in [-0.25, -0.2) is 23.1 Å². The van der Waals surface area contributed by atoms with E-state index in [1.54, 1.807) is 6.92 Å². The Balaban J connectivity index is 2.04. The second-order valence-corrected chi connectivity index (χ2v) is 8.59. The van der Waals surface area contributed by atoms with E-state index >= 15 is 0 Å². The summed E-state index contributed by atoms with van der Waals surface area (Å²) in [6.07, 6.45) is 1.28. The van der Waals surface area contributed by atoms with Crippen LogP contribution >= 0.6 is 23.4 Å². The van der Waals surface area contributed by atoms with Gasteiger partial charge in [0.05, 0.1) is 5.02 Å². The highest BCUT2D eigenvalue weighted by atomic mass is 35.5. The Labute approximate surface area is 174 Å². The number of alkyl halides is 1. The summed E-state index contributed by atoms with van der Waals surface area (Å²) in [5.74, 6) is -3.60. The van der Waals surface area contributed by atoms with Crippen LogP contribution < -0.4 is 11.1 Å². The number of carbonyl (C=O) groups excluding carboxylic acids is 1. The molecule has 0 spiro atoms. The van der Waals surface area contributed by atoms with Gasteiger partial charge in [0.1, 0.15) is 17.9 Å². The van der Waals surface area contributed by atoms with E-state index in [0.717, 1.165) is 6.07 Å². The van der Waals surface area contributed by atoms with E-state index in [4.69, 9.17) is 17.3 Å². The maximum Gasteiger partial charge on any atom is 0.274 e. The van der Waals surface area contributed by atoms with Gasteiger partial charge in [0.15, 0.2) is 16.8 Å². The number of rotatable bonds is 4. The molecular formula is C19H18ClF3N4OS. The van der Waals surface area contributed by atoms with Crippen LogP contribution in [0, 0.1) is 17.6 Å². The predicted octanol–water partition coefficient (Wildman–Crippen LogP) is 4.52. The number of thioether (sulfide) groups is 1. The molecule has 0 radical (unpaired) electrons. The normalized spacial score (nSPS) is 24.1. The number of benzene rings is 1. The minimum absolute atomic E-state index is 0.0270. The number of pyridine rings is 1. The average molecular weight is 443 g/mol. The van der Waals surface area contributed by atoms with Gasteiger partial charge in [-0.1, -0.05) is 37.2 Å². The number of nitrogens with zero attached hydrogens (tertiary/aromatic N) is 2. The third-order valence-corrected chi connectivity index (χ3v) is 6.33. The monoisotopic (exact) mass is 442 g/mol. The van der Waals surface area contributed by atoms with Crippen molar-refractivity contribution in [2.24, 2.45) is 16.6 Å². The number of aromatic nitrogens is 1. The smallest absolute Gasteiger partial charge is 0.274 e. The van der Waals surface area contributed by atoms with E-state index in [9.17, 15) is 18.0 Å². The third-order valence-electron chi connectivity index (χ3n) is 4.99. The van der Waals surface area contributed by atoms with E-state index in [-0.39, 0.29) is 27.4 Å². The molecule has 0 fully saturated rings. The van der Waals surface area contributed by atoms with Gasteiger partial charge in [-0.2, -0.15) is 0 Å². The third kappa shape index (κ3) is 4.06. The average Bonchev–Trinajstić information content (AvgIpc) is 2.68. The number of carbonyl (C=O) groups is 1. The number of anilines is 1. The van der Waals surface area contributed by atoms with Crippen molar-refractivity contribution >= 4 is 40.1 Å². The van der Waals surface area contributed by atoms with Crippen LogP contribution in [0.1, 0.15) is 29.9 Å². The second kappa shape index (κ2) is 8.23. The zero-order valence-electron chi connectivity index (χ0n) is 15.5. The molecule has 3 atom stereocenters. The molecule has 3 N–H and O–H groups in total. The maximum atomic E-state index is 14.7. The lowest BCUT2D eigenvalue weighted by Gasteiger charge is -2.40. The fourth-order valence-corrected chi connectivity index (χ4v) is 4.35. The molecular weight excluding hydrogens is 425 g/mol. The molecule has 1 aromatic heterocycles. The number of hydrogen-bond acceptors (Lipinski definition) is 5. The van der Waals surface area contributed by atoms with Gasteiger partial charge in [-0.3, -0.25) is 4.79 Å². The SMILES string of the molecule is CC1SC(N)=N[C@](CF)(c2cc(NC(=O)c3ccc(Cl)cn3)cc(F)c2F)[C@@H]1C. The van der Waals surface area contributed by atoms with Crippen molar-refractivity contribution < 1.29 is 18.0 Å². The minimum atomic E-state index is -1.70. The van der Waals surface area contributed by atoms with Crippen LogP contribution in [0.3, 0.4) is 0 Å². The molecule has 1 aromatic carbocycles. The topological polar surface area (TPSA) is 80.4 Å². The second-order valence-electron chi connectivity index (χ2n) is 6.75. The largest absolute Gasteiger partial charge is 0.379 e. The summed E-state index contributed by atoms with van der Waals surface area (Å²) in [6, 6.07) is 4.85. The number of amides is 1. The molecule has 154 valence electrons. The van der Waals surface area contributed by atoms with Crippen molar-refractivity contribution in [3.05, 3.63) is 58.4 Å². The summed E-state index contributed by atoms with van der Waals surface area (Å²) in [5, 5.41) is 2.70. The summed E-state index contributed by atoms with van der Waals surface area (Å²) in [5.41, 5.74) is 3.78. The predicted molar refractivity (Wildman–Crippen MR) is 109 cm³/mol. The van der Waals surface area contributed by atoms with Gasteiger partial charge in [0, 0.05) is 34.7 Å². The van der Waals surface area contributed by atoms with Crippen LogP contribution in [0.25, 0.3) is 0 Å². The Morgan fingerprint density at radius 1 is 1.34 bits per heavy atom. The molecule has 3 rings (SSSR count). The lowest BCUT2D eigenvalue weighted by Crippen LogP contribution is -2.45. The zero-order valence-corrected chi connectivity index (χ0v) is 17.1. The van der Waals surface area contributed by atoms with Crippen molar-refractivity contribution in [3.8, 4) is 0 Å². The van der Waals surface area contributed by atoms with Gasteiger partial charge < -0.3 is 11.1 Å². The molecule has 0 saturated heterocycles. The highest BCUT2D eigenvalue weighted by Gasteiger charge is 2.46. The van der Waals surface area contributed by atoms with Crippen molar-refractivity contribution in [2.45, 2.75) is 24.6 Å². The van der Waals surface area contributed by atoms with Gasteiger partial charge in [0.2, 0.25) is 0 Å². The molecule has 1 aliphatic heterocycles. The standard InChI is InChI=1S/C19H18ClF3N4OS/c1-9-10(2)29-18(24)27-19(9,8-21)13-5-12(6-14(22)16(13)23)26-17(28)15-4-3-11(20)7-25-15/h3-7,9-10H,8H2,1-2H3,(H2,24,27)(H,26,28)/t9-,10?,19+/m1/s1. The molecule has 1 unspecified atom stereocenters. The molecule has 29 heavy (non-hydrogen) atoms. The maximum absolute atomic E-state index is 14.7. The van der Waals surface area contributed by atoms with Gasteiger partial charge in [-0.15, -0.1) is 0 Å². The zero-order chi connectivity index (χ0) is 21.3.